The van der Waals surface area contributed by atoms with E-state index in [1.165, 1.54) is 19.3 Å². The van der Waals surface area contributed by atoms with Crippen LogP contribution in [-0.4, -0.2) is 251 Å². The fourth-order valence-corrected chi connectivity index (χ4v) is 11.6. The van der Waals surface area contributed by atoms with E-state index in [2.05, 4.69) is 35.1 Å². The zero-order chi connectivity index (χ0) is 72.8. The second-order valence-corrected chi connectivity index (χ2v) is 25.9. The van der Waals surface area contributed by atoms with Crippen LogP contribution in [0.5, 0.6) is 23.0 Å². The third-order valence-electron chi connectivity index (χ3n) is 17.1. The summed E-state index contributed by atoms with van der Waals surface area (Å²) in [7, 11) is 3.09. The molecule has 1 saturated heterocycles. The second-order valence-electron chi connectivity index (χ2n) is 25.9. The average Bonchev–Trinajstić information content (AvgIpc) is 1.63. The quantitative estimate of drug-likeness (QED) is 0.0383. The zero-order valence-corrected chi connectivity index (χ0v) is 59.6. The fraction of sp³-hybridized carbons (Fsp3) is 0.562. The predicted octanol–water partition coefficient (Wildman–Crippen LogP) is 5.80. The van der Waals surface area contributed by atoms with Crippen LogP contribution in [0.3, 0.4) is 0 Å². The number of aliphatic imine (C=N–C) groups is 2. The van der Waals surface area contributed by atoms with Crippen LogP contribution in [0.1, 0.15) is 106 Å². The van der Waals surface area contributed by atoms with Gasteiger partial charge in [-0.1, -0.05) is 39.8 Å². The van der Waals surface area contributed by atoms with E-state index < -0.39 is 35.7 Å². The number of fused-ring (bicyclic) bond motifs is 4. The van der Waals surface area contributed by atoms with Crippen LogP contribution in [0.15, 0.2) is 76.9 Å². The minimum atomic E-state index is -0.934. The summed E-state index contributed by atoms with van der Waals surface area (Å²) in [6.07, 6.45) is 11.5. The largest absolute Gasteiger partial charge is 0.493 e. The van der Waals surface area contributed by atoms with Gasteiger partial charge in [0, 0.05) is 87.5 Å². The summed E-state index contributed by atoms with van der Waals surface area (Å²) in [5.41, 5.74) is 4.21. The van der Waals surface area contributed by atoms with Gasteiger partial charge in [0.2, 0.25) is 23.6 Å². The summed E-state index contributed by atoms with van der Waals surface area (Å²) in [5, 5.41) is 11.0. The Morgan fingerprint density at radius 2 is 1.06 bits per heavy atom. The number of hydrogen-bond donors (Lipinski definition) is 4. The molecule has 29 heteroatoms. The molecule has 0 bridgehead atoms. The van der Waals surface area contributed by atoms with Gasteiger partial charge in [-0.25, -0.2) is 0 Å². The Hall–Kier alpha value is -8.68. The number of imide groups is 1. The van der Waals surface area contributed by atoms with Crippen LogP contribution in [-0.2, 0) is 66.7 Å². The van der Waals surface area contributed by atoms with Crippen molar-refractivity contribution in [1.29, 1.82) is 0 Å². The molecule has 0 unspecified atom stereocenters. The third-order valence-corrected chi connectivity index (χ3v) is 17.1. The molecule has 5 aliphatic rings. The maximum Gasteiger partial charge on any atom is 0.260 e. The van der Waals surface area contributed by atoms with Crippen molar-refractivity contribution < 1.29 is 95.2 Å². The Bertz CT molecular complexity index is 3430. The van der Waals surface area contributed by atoms with Gasteiger partial charge in [-0.15, -0.1) is 0 Å². The average molecular weight is 1420 g/mol. The summed E-state index contributed by atoms with van der Waals surface area (Å²) in [6, 6.07) is 11.9. The van der Waals surface area contributed by atoms with Gasteiger partial charge in [-0.3, -0.25) is 53.2 Å². The van der Waals surface area contributed by atoms with Gasteiger partial charge in [0.25, 0.3) is 23.6 Å². The molecule has 0 saturated carbocycles. The lowest BCUT2D eigenvalue weighted by Crippen LogP contribution is -2.53. The molecule has 102 heavy (non-hydrogen) atoms. The Labute approximate surface area is 595 Å². The summed E-state index contributed by atoms with van der Waals surface area (Å²) in [6.45, 7) is 17.0. The molecule has 0 radical (unpaired) electrons. The molecule has 4 atom stereocenters. The molecule has 3 aromatic rings. The van der Waals surface area contributed by atoms with Crippen LogP contribution in [0.4, 0.5) is 17.1 Å². The topological polar surface area (TPSA) is 330 Å². The molecular formula is C73H99N9O20. The molecule has 0 aliphatic carbocycles. The molecule has 3 aromatic carbocycles. The highest BCUT2D eigenvalue weighted by Gasteiger charge is 2.42. The number of nitrogens with zero attached hydrogens (tertiary/aromatic N) is 5. The Morgan fingerprint density at radius 1 is 0.559 bits per heavy atom. The molecular weight excluding hydrogens is 1320 g/mol. The Morgan fingerprint density at radius 3 is 1.58 bits per heavy atom. The van der Waals surface area contributed by atoms with Crippen molar-refractivity contribution in [2.45, 2.75) is 104 Å². The smallest absolute Gasteiger partial charge is 0.260 e. The number of hydrogen-bond acceptors (Lipinski definition) is 22. The van der Waals surface area contributed by atoms with E-state index in [0.29, 0.717) is 176 Å². The van der Waals surface area contributed by atoms with Crippen LogP contribution in [0.2, 0.25) is 0 Å². The number of ether oxygens (including phenoxy) is 12. The summed E-state index contributed by atoms with van der Waals surface area (Å²) in [4.78, 5) is 116. The van der Waals surface area contributed by atoms with Crippen molar-refractivity contribution in [3.63, 3.8) is 0 Å². The predicted molar refractivity (Wildman–Crippen MR) is 377 cm³/mol. The number of unbranched alkanes of at least 4 members (excludes halogenated alkanes) is 2. The number of carbonyl (C=O) groups excluding carboxylic acids is 8. The van der Waals surface area contributed by atoms with Crippen molar-refractivity contribution in [2.75, 3.05) is 158 Å². The highest BCUT2D eigenvalue weighted by molar-refractivity contribution is 6.13. The summed E-state index contributed by atoms with van der Waals surface area (Å²) < 4.78 is 67.7. The summed E-state index contributed by atoms with van der Waals surface area (Å²) in [5.74, 6) is -1.10. The lowest BCUT2D eigenvalue weighted by atomic mass is 9.91. The number of methoxy groups -OCH3 is 2. The first-order valence-corrected chi connectivity index (χ1v) is 34.9. The van der Waals surface area contributed by atoms with Crippen molar-refractivity contribution in [3.8, 4) is 23.0 Å². The SMILES string of the molecule is COc1cc2c(cc1OCCCCCOc1cc3c(cc1OC)C(=O)N1CC(C)(C)C[C@H]1C=N3)N=C[C@@H]1CC(c3ccc(NC(=O)[C@H](C)NC(=O)[C@@H](NC(=O)CCOCCOCCOCCOCCOCCOCCOCCOCCNC(=O)CCN4C(=O)C=CC4=O)C(C)C)cc3)=CN1C2=O. The maximum absolute atomic E-state index is 14.1. The minimum Gasteiger partial charge on any atom is -0.493 e. The normalized spacial score (nSPS) is 17.0. The highest BCUT2D eigenvalue weighted by atomic mass is 16.6. The molecule has 5 heterocycles. The number of carbonyl (C=O) groups is 8. The lowest BCUT2D eigenvalue weighted by molar-refractivity contribution is -0.137. The molecule has 4 N–H and O–H groups in total. The minimum absolute atomic E-state index is 0.0167. The Kier molecular flexibility index (Phi) is 31.6. The van der Waals surface area contributed by atoms with Gasteiger partial charge in [0.15, 0.2) is 23.0 Å². The molecule has 0 spiro atoms. The molecule has 8 amide bonds. The summed E-state index contributed by atoms with van der Waals surface area (Å²) >= 11 is 0. The van der Waals surface area contributed by atoms with E-state index in [-0.39, 0.29) is 79.6 Å². The first kappa shape index (κ1) is 79.0. The number of anilines is 1. The van der Waals surface area contributed by atoms with Gasteiger partial charge in [-0.2, -0.15) is 0 Å². The van der Waals surface area contributed by atoms with E-state index in [0.717, 1.165) is 41.7 Å². The van der Waals surface area contributed by atoms with Gasteiger partial charge in [0.1, 0.15) is 12.1 Å². The van der Waals surface area contributed by atoms with E-state index in [4.69, 9.17) is 66.8 Å². The van der Waals surface area contributed by atoms with Gasteiger partial charge >= 0.3 is 0 Å². The monoisotopic (exact) mass is 1420 g/mol. The van der Waals surface area contributed by atoms with E-state index in [1.807, 2.05) is 29.4 Å². The standard InChI is InChI=1S/C73H99N9O20/c1-49(2)68(79-65(84)18-23-93-25-27-95-29-31-97-33-35-99-37-38-100-36-34-98-32-30-96-28-26-94-24-19-74-64(83)17-20-80-66(85)15-16-67(80)86)70(88)77-50(3)69(87)78-53-13-11-51(12-14-53)52-39-54-45-75-58-42-62(60(91-6)40-56(58)71(89)81(54)47-52)101-21-9-8-10-22-102-63-43-59-57(41-61(63)92-7)72(90)82-48-73(4,5)44-55(82)46-76-59/h11-16,40-43,45-47,49-50,54-55,68H,8-10,17-39,44,48H2,1-7H3,(H,74,83)(H,77,88)(H,78,87)(H,79,84)/t50-,54-,55-,68-/m0/s1. The van der Waals surface area contributed by atoms with E-state index >= 15 is 0 Å². The lowest BCUT2D eigenvalue weighted by Gasteiger charge is -2.24. The van der Waals surface area contributed by atoms with Gasteiger partial charge in [-0.05, 0) is 79.3 Å². The molecule has 0 aromatic heterocycles. The second kappa shape index (κ2) is 40.8. The zero-order valence-electron chi connectivity index (χ0n) is 59.6. The first-order valence-electron chi connectivity index (χ1n) is 34.9. The highest BCUT2D eigenvalue weighted by Crippen LogP contribution is 2.43. The van der Waals surface area contributed by atoms with Crippen molar-refractivity contribution >= 4 is 82.3 Å². The van der Waals surface area contributed by atoms with Crippen LogP contribution < -0.4 is 40.2 Å². The van der Waals surface area contributed by atoms with Crippen LogP contribution in [0, 0.1) is 11.3 Å². The third kappa shape index (κ3) is 24.2. The molecule has 29 nitrogen and oxygen atoms in total. The van der Waals surface area contributed by atoms with Crippen LogP contribution in [0.25, 0.3) is 5.57 Å². The number of amides is 8. The first-order chi connectivity index (χ1) is 49.3. The van der Waals surface area contributed by atoms with E-state index in [1.54, 1.807) is 75.4 Å². The Balaban J connectivity index is 0.615. The molecule has 5 aliphatic heterocycles. The van der Waals surface area contributed by atoms with E-state index in [9.17, 15) is 38.4 Å². The molecule has 1 fully saturated rings. The number of benzene rings is 3. The van der Waals surface area contributed by atoms with Crippen molar-refractivity contribution in [2.24, 2.45) is 21.3 Å². The number of rotatable bonds is 47. The van der Waals surface area contributed by atoms with Gasteiger partial charge < -0.3 is 87.9 Å². The fourth-order valence-electron chi connectivity index (χ4n) is 11.6. The number of nitrogens with one attached hydrogen (secondary N) is 4. The van der Waals surface area contributed by atoms with Crippen molar-refractivity contribution in [3.05, 3.63) is 83.6 Å². The molecule has 556 valence electrons. The molecule has 8 rings (SSSR count). The van der Waals surface area contributed by atoms with Gasteiger partial charge in [0.05, 0.1) is 168 Å². The maximum atomic E-state index is 14.1. The van der Waals surface area contributed by atoms with Crippen LogP contribution >= 0.6 is 0 Å². The van der Waals surface area contributed by atoms with Crippen molar-refractivity contribution in [1.82, 2.24) is 30.7 Å².